The van der Waals surface area contributed by atoms with Crippen molar-refractivity contribution in [1.82, 2.24) is 0 Å². The molecule has 68 valence electrons. The molecule has 0 saturated heterocycles. The standard InChI is InChI=1S/C11H18O/c1-7(2)5-9-4-3-8-6-10(8)11(9)12/h7-10H,3-6H2,1-2H3/t8-,9+,10-/m0/s1. The van der Waals surface area contributed by atoms with E-state index in [2.05, 4.69) is 13.8 Å². The van der Waals surface area contributed by atoms with Gasteiger partial charge < -0.3 is 0 Å². The van der Waals surface area contributed by atoms with Crippen LogP contribution < -0.4 is 0 Å². The summed E-state index contributed by atoms with van der Waals surface area (Å²) in [4.78, 5) is 11.7. The zero-order valence-electron chi connectivity index (χ0n) is 8.05. The van der Waals surface area contributed by atoms with E-state index in [9.17, 15) is 4.79 Å². The number of Topliss-reactive ketones (excluding diaryl/α,β-unsaturated/α-hetero) is 1. The largest absolute Gasteiger partial charge is 0.299 e. The number of fused-ring (bicyclic) bond motifs is 1. The van der Waals surface area contributed by atoms with Crippen molar-refractivity contribution in [1.29, 1.82) is 0 Å². The van der Waals surface area contributed by atoms with Crippen LogP contribution in [0.1, 0.15) is 39.5 Å². The molecule has 1 heteroatoms. The van der Waals surface area contributed by atoms with Crippen molar-refractivity contribution >= 4 is 5.78 Å². The Morgan fingerprint density at radius 3 is 2.83 bits per heavy atom. The van der Waals surface area contributed by atoms with Gasteiger partial charge in [0.2, 0.25) is 0 Å². The third kappa shape index (κ3) is 1.41. The number of ketones is 1. The molecule has 0 bridgehead atoms. The van der Waals surface area contributed by atoms with E-state index in [4.69, 9.17) is 0 Å². The van der Waals surface area contributed by atoms with E-state index in [1.807, 2.05) is 0 Å². The fourth-order valence-corrected chi connectivity index (χ4v) is 2.58. The van der Waals surface area contributed by atoms with Gasteiger partial charge in [0.1, 0.15) is 5.78 Å². The molecule has 0 aromatic heterocycles. The Balaban J connectivity index is 1.93. The van der Waals surface area contributed by atoms with E-state index in [1.54, 1.807) is 0 Å². The zero-order valence-corrected chi connectivity index (χ0v) is 8.05. The fraction of sp³-hybridized carbons (Fsp3) is 0.909. The summed E-state index contributed by atoms with van der Waals surface area (Å²) in [6.07, 6.45) is 4.85. The minimum Gasteiger partial charge on any atom is -0.299 e. The maximum Gasteiger partial charge on any atom is 0.139 e. The Kier molecular flexibility index (Phi) is 1.97. The quantitative estimate of drug-likeness (QED) is 0.616. The molecule has 0 aliphatic heterocycles. The summed E-state index contributed by atoms with van der Waals surface area (Å²) in [7, 11) is 0. The van der Waals surface area contributed by atoms with Gasteiger partial charge in [-0.05, 0) is 37.5 Å². The van der Waals surface area contributed by atoms with Gasteiger partial charge in [-0.1, -0.05) is 13.8 Å². The van der Waals surface area contributed by atoms with Crippen molar-refractivity contribution < 1.29 is 4.79 Å². The van der Waals surface area contributed by atoms with Crippen LogP contribution in [0.5, 0.6) is 0 Å². The highest BCUT2D eigenvalue weighted by Crippen LogP contribution is 2.50. The molecular formula is C11H18O. The van der Waals surface area contributed by atoms with Crippen molar-refractivity contribution in [2.24, 2.45) is 23.7 Å². The second-order valence-electron chi connectivity index (χ2n) is 4.91. The van der Waals surface area contributed by atoms with Crippen LogP contribution in [0.25, 0.3) is 0 Å². The van der Waals surface area contributed by atoms with Crippen LogP contribution >= 0.6 is 0 Å². The lowest BCUT2D eigenvalue weighted by molar-refractivity contribution is -0.126. The smallest absolute Gasteiger partial charge is 0.139 e. The summed E-state index contributed by atoms with van der Waals surface area (Å²) in [5, 5.41) is 0. The third-order valence-corrected chi connectivity index (χ3v) is 3.33. The summed E-state index contributed by atoms with van der Waals surface area (Å²) in [5.41, 5.74) is 0. The Morgan fingerprint density at radius 2 is 2.17 bits per heavy atom. The van der Waals surface area contributed by atoms with Crippen molar-refractivity contribution in [3.63, 3.8) is 0 Å². The van der Waals surface area contributed by atoms with E-state index in [0.717, 1.165) is 12.3 Å². The summed E-state index contributed by atoms with van der Waals surface area (Å²) in [6, 6.07) is 0. The molecule has 2 rings (SSSR count). The first-order valence-corrected chi connectivity index (χ1v) is 5.22. The van der Waals surface area contributed by atoms with Gasteiger partial charge in [-0.3, -0.25) is 4.79 Å². The Morgan fingerprint density at radius 1 is 1.42 bits per heavy atom. The Hall–Kier alpha value is -0.330. The number of carbonyl (C=O) groups excluding carboxylic acids is 1. The number of rotatable bonds is 2. The predicted octanol–water partition coefficient (Wildman–Crippen LogP) is 2.65. The fourth-order valence-electron chi connectivity index (χ4n) is 2.58. The Labute approximate surface area is 74.5 Å². The molecule has 0 N–H and O–H groups in total. The average molecular weight is 166 g/mol. The van der Waals surface area contributed by atoms with Crippen LogP contribution in [0, 0.1) is 23.7 Å². The molecule has 2 aliphatic carbocycles. The molecule has 2 aliphatic rings. The van der Waals surface area contributed by atoms with E-state index < -0.39 is 0 Å². The predicted molar refractivity (Wildman–Crippen MR) is 48.8 cm³/mol. The van der Waals surface area contributed by atoms with Crippen molar-refractivity contribution in [3.05, 3.63) is 0 Å². The average Bonchev–Trinajstić information content (AvgIpc) is 2.73. The van der Waals surface area contributed by atoms with E-state index in [0.29, 0.717) is 23.5 Å². The first-order chi connectivity index (χ1) is 5.68. The van der Waals surface area contributed by atoms with Crippen LogP contribution in [0.15, 0.2) is 0 Å². The van der Waals surface area contributed by atoms with Gasteiger partial charge in [-0.25, -0.2) is 0 Å². The lowest BCUT2D eigenvalue weighted by atomic mass is 9.83. The maximum atomic E-state index is 11.7. The molecule has 0 radical (unpaired) electrons. The minimum atomic E-state index is 0.425. The lowest BCUT2D eigenvalue weighted by Crippen LogP contribution is -2.23. The molecule has 12 heavy (non-hydrogen) atoms. The summed E-state index contributed by atoms with van der Waals surface area (Å²) in [5.74, 6) is 3.02. The van der Waals surface area contributed by atoms with Gasteiger partial charge in [0.25, 0.3) is 0 Å². The van der Waals surface area contributed by atoms with Crippen molar-refractivity contribution in [2.45, 2.75) is 39.5 Å². The van der Waals surface area contributed by atoms with E-state index >= 15 is 0 Å². The molecule has 0 aromatic carbocycles. The van der Waals surface area contributed by atoms with Crippen LogP contribution in [-0.4, -0.2) is 5.78 Å². The van der Waals surface area contributed by atoms with Gasteiger partial charge in [0.15, 0.2) is 0 Å². The maximum absolute atomic E-state index is 11.7. The molecule has 0 spiro atoms. The van der Waals surface area contributed by atoms with E-state index in [-0.39, 0.29) is 0 Å². The molecular weight excluding hydrogens is 148 g/mol. The van der Waals surface area contributed by atoms with Crippen LogP contribution in [0.4, 0.5) is 0 Å². The Bertz CT molecular complexity index is 195. The molecule has 1 nitrogen and oxygen atoms in total. The SMILES string of the molecule is CC(C)C[C@H]1CC[C@H]2C[C@@H]2C1=O. The second-order valence-corrected chi connectivity index (χ2v) is 4.91. The number of hydrogen-bond donors (Lipinski definition) is 0. The number of hydrogen-bond acceptors (Lipinski definition) is 1. The first-order valence-electron chi connectivity index (χ1n) is 5.22. The molecule has 0 aromatic rings. The summed E-state index contributed by atoms with van der Waals surface area (Å²) in [6.45, 7) is 4.43. The molecule has 2 saturated carbocycles. The highest BCUT2D eigenvalue weighted by Gasteiger charge is 2.48. The molecule has 0 amide bonds. The topological polar surface area (TPSA) is 17.1 Å². The van der Waals surface area contributed by atoms with Gasteiger partial charge in [0.05, 0.1) is 0 Å². The first kappa shape index (κ1) is 8.28. The van der Waals surface area contributed by atoms with Gasteiger partial charge in [-0.2, -0.15) is 0 Å². The molecule has 0 unspecified atom stereocenters. The number of carbonyl (C=O) groups is 1. The van der Waals surface area contributed by atoms with Crippen LogP contribution in [-0.2, 0) is 4.79 Å². The van der Waals surface area contributed by atoms with E-state index in [1.165, 1.54) is 19.3 Å². The van der Waals surface area contributed by atoms with Crippen molar-refractivity contribution in [2.75, 3.05) is 0 Å². The monoisotopic (exact) mass is 166 g/mol. The highest BCUT2D eigenvalue weighted by molar-refractivity contribution is 5.86. The lowest BCUT2D eigenvalue weighted by Gasteiger charge is -2.21. The zero-order chi connectivity index (χ0) is 8.72. The third-order valence-electron chi connectivity index (χ3n) is 3.33. The summed E-state index contributed by atoms with van der Waals surface area (Å²) >= 11 is 0. The highest BCUT2D eigenvalue weighted by atomic mass is 16.1. The van der Waals surface area contributed by atoms with Crippen LogP contribution in [0.3, 0.4) is 0 Å². The van der Waals surface area contributed by atoms with Gasteiger partial charge in [0, 0.05) is 11.8 Å². The van der Waals surface area contributed by atoms with Gasteiger partial charge >= 0.3 is 0 Å². The normalized spacial score (nSPS) is 39.9. The van der Waals surface area contributed by atoms with Gasteiger partial charge in [-0.15, -0.1) is 0 Å². The van der Waals surface area contributed by atoms with Crippen molar-refractivity contribution in [3.8, 4) is 0 Å². The molecule has 3 atom stereocenters. The second kappa shape index (κ2) is 2.86. The minimum absolute atomic E-state index is 0.425. The molecule has 0 heterocycles. The molecule has 2 fully saturated rings. The summed E-state index contributed by atoms with van der Waals surface area (Å²) < 4.78 is 0. The van der Waals surface area contributed by atoms with Crippen LogP contribution in [0.2, 0.25) is 0 Å².